The van der Waals surface area contributed by atoms with E-state index in [1.54, 1.807) is 29.7 Å². The molecule has 0 spiro atoms. The van der Waals surface area contributed by atoms with Gasteiger partial charge in [-0.25, -0.2) is 0 Å². The van der Waals surface area contributed by atoms with Crippen molar-refractivity contribution in [3.63, 3.8) is 0 Å². The van der Waals surface area contributed by atoms with Crippen LogP contribution in [0.2, 0.25) is 0 Å². The van der Waals surface area contributed by atoms with Gasteiger partial charge in [0.05, 0.1) is 17.9 Å². The Balaban J connectivity index is 2.19. The summed E-state index contributed by atoms with van der Waals surface area (Å²) in [5.74, 6) is -0.542. The van der Waals surface area contributed by atoms with E-state index in [1.807, 2.05) is 13.8 Å². The number of carbonyl (C=O) groups is 2. The van der Waals surface area contributed by atoms with Gasteiger partial charge in [-0.05, 0) is 37.0 Å². The molecule has 0 atom stereocenters. The van der Waals surface area contributed by atoms with Crippen LogP contribution in [0.4, 0.5) is 5.69 Å². The van der Waals surface area contributed by atoms with Gasteiger partial charge in [-0.3, -0.25) is 14.2 Å². The number of Topliss-reactive ketones (excluding diaryl/α,β-unsaturated/α-hetero) is 1. The van der Waals surface area contributed by atoms with Crippen molar-refractivity contribution in [1.82, 2.24) is 4.57 Å². The van der Waals surface area contributed by atoms with Crippen LogP contribution in [0.25, 0.3) is 5.69 Å². The number of nitrogens with one attached hydrogen (secondary N) is 1. The lowest BCUT2D eigenvalue weighted by atomic mass is 9.75. The highest BCUT2D eigenvalue weighted by Crippen LogP contribution is 2.42. The van der Waals surface area contributed by atoms with Crippen LogP contribution in [0, 0.1) is 12.3 Å². The Morgan fingerprint density at radius 2 is 2.04 bits per heavy atom. The van der Waals surface area contributed by atoms with Crippen molar-refractivity contribution in [3.05, 3.63) is 40.6 Å². The molecule has 5 N–H and O–H groups in total. The van der Waals surface area contributed by atoms with Crippen LogP contribution in [0.5, 0.6) is 5.88 Å². The lowest BCUT2D eigenvalue weighted by Gasteiger charge is -2.29. The van der Waals surface area contributed by atoms with Crippen molar-refractivity contribution in [1.29, 1.82) is 0 Å². The van der Waals surface area contributed by atoms with Gasteiger partial charge in [-0.1, -0.05) is 13.8 Å². The number of rotatable bonds is 5. The number of carbonyl (C=O) groups excluding carboxylic acids is 2. The highest BCUT2D eigenvalue weighted by Gasteiger charge is 2.37. The van der Waals surface area contributed by atoms with E-state index in [1.165, 1.54) is 0 Å². The first kappa shape index (κ1) is 19.0. The molecule has 2 aromatic rings. The maximum Gasteiger partial charge on any atom is 0.250 e. The zero-order chi connectivity index (χ0) is 19.9. The molecular weight excluding hydrogens is 346 g/mol. The molecule has 0 radical (unpaired) electrons. The van der Waals surface area contributed by atoms with Gasteiger partial charge in [-0.2, -0.15) is 0 Å². The van der Waals surface area contributed by atoms with Crippen LogP contribution in [-0.4, -0.2) is 39.6 Å². The zero-order valence-corrected chi connectivity index (χ0v) is 15.8. The summed E-state index contributed by atoms with van der Waals surface area (Å²) < 4.78 is 1.67. The van der Waals surface area contributed by atoms with Crippen molar-refractivity contribution in [2.75, 3.05) is 18.5 Å². The predicted octanol–water partition coefficient (Wildman–Crippen LogP) is 2.15. The topological polar surface area (TPSA) is 118 Å². The molecule has 3 rings (SSSR count). The van der Waals surface area contributed by atoms with Crippen LogP contribution in [-0.2, 0) is 6.42 Å². The summed E-state index contributed by atoms with van der Waals surface area (Å²) in [6.07, 6.45) is 1.08. The fraction of sp³-hybridized carbons (Fsp3) is 0.400. The third kappa shape index (κ3) is 3.30. The van der Waals surface area contributed by atoms with Crippen LogP contribution in [0.15, 0.2) is 18.2 Å². The SMILES string of the molecule is Cc1c2c(n(-c3ccc(C(N)=O)c(NCCO)c3)c1O)CC(C)(C)CC2=O. The predicted molar refractivity (Wildman–Crippen MR) is 103 cm³/mol. The Morgan fingerprint density at radius 1 is 1.33 bits per heavy atom. The van der Waals surface area contributed by atoms with Gasteiger partial charge in [-0.15, -0.1) is 0 Å². The molecule has 144 valence electrons. The summed E-state index contributed by atoms with van der Waals surface area (Å²) >= 11 is 0. The van der Waals surface area contributed by atoms with E-state index in [0.717, 1.165) is 5.69 Å². The second kappa shape index (κ2) is 6.74. The molecule has 0 unspecified atom stereocenters. The number of aliphatic hydroxyl groups excluding tert-OH is 1. The fourth-order valence-electron chi connectivity index (χ4n) is 3.81. The van der Waals surface area contributed by atoms with Crippen LogP contribution in [0.3, 0.4) is 0 Å². The molecule has 1 aliphatic rings. The molecule has 27 heavy (non-hydrogen) atoms. The van der Waals surface area contributed by atoms with Crippen molar-refractivity contribution in [3.8, 4) is 11.6 Å². The second-order valence-corrected chi connectivity index (χ2v) is 7.79. The molecule has 7 nitrogen and oxygen atoms in total. The summed E-state index contributed by atoms with van der Waals surface area (Å²) in [7, 11) is 0. The average molecular weight is 371 g/mol. The largest absolute Gasteiger partial charge is 0.494 e. The molecule has 0 saturated heterocycles. The van der Waals surface area contributed by atoms with Gasteiger partial charge >= 0.3 is 0 Å². The zero-order valence-electron chi connectivity index (χ0n) is 15.8. The first-order valence-corrected chi connectivity index (χ1v) is 8.91. The number of fused-ring (bicyclic) bond motifs is 1. The average Bonchev–Trinajstić information content (AvgIpc) is 2.82. The van der Waals surface area contributed by atoms with Crippen molar-refractivity contribution >= 4 is 17.4 Å². The van der Waals surface area contributed by atoms with E-state index in [4.69, 9.17) is 10.8 Å². The standard InChI is InChI=1S/C20H25N3O4/c1-11-17-15(9-20(2,3)10-16(17)25)23(19(11)27)12-4-5-13(18(21)26)14(8-12)22-6-7-24/h4-5,8,22,24,27H,6-7,9-10H2,1-3H3,(H2,21,26). The number of aromatic nitrogens is 1. The van der Waals surface area contributed by atoms with Crippen LogP contribution in [0.1, 0.15) is 52.2 Å². The van der Waals surface area contributed by atoms with Gasteiger partial charge < -0.3 is 21.3 Å². The van der Waals surface area contributed by atoms with Gasteiger partial charge in [0, 0.05) is 35.5 Å². The minimum absolute atomic E-state index is 0.0194. The van der Waals surface area contributed by atoms with Crippen LogP contribution < -0.4 is 11.1 Å². The molecule has 0 saturated carbocycles. The number of nitrogens with zero attached hydrogens (tertiary/aromatic N) is 1. The Morgan fingerprint density at radius 3 is 2.67 bits per heavy atom. The number of benzene rings is 1. The number of anilines is 1. The van der Waals surface area contributed by atoms with E-state index in [9.17, 15) is 14.7 Å². The quantitative estimate of drug-likeness (QED) is 0.642. The van der Waals surface area contributed by atoms with Crippen molar-refractivity contribution in [2.24, 2.45) is 11.1 Å². The molecule has 1 heterocycles. The summed E-state index contributed by atoms with van der Waals surface area (Å²) in [5.41, 5.74) is 8.52. The van der Waals surface area contributed by atoms with Gasteiger partial charge in [0.1, 0.15) is 0 Å². The van der Waals surface area contributed by atoms with Crippen molar-refractivity contribution < 1.29 is 19.8 Å². The van der Waals surface area contributed by atoms with Gasteiger partial charge in [0.15, 0.2) is 11.7 Å². The number of aliphatic hydroxyl groups is 1. The number of ketones is 1. The maximum atomic E-state index is 12.6. The molecule has 0 aliphatic heterocycles. The Labute approximate surface area is 157 Å². The Bertz CT molecular complexity index is 928. The molecule has 1 aromatic heterocycles. The minimum Gasteiger partial charge on any atom is -0.494 e. The second-order valence-electron chi connectivity index (χ2n) is 7.79. The molecular formula is C20H25N3O4. The Kier molecular flexibility index (Phi) is 4.73. The fourth-order valence-corrected chi connectivity index (χ4v) is 3.81. The third-order valence-corrected chi connectivity index (χ3v) is 5.00. The smallest absolute Gasteiger partial charge is 0.250 e. The maximum absolute atomic E-state index is 12.6. The van der Waals surface area contributed by atoms with Gasteiger partial charge in [0.25, 0.3) is 5.91 Å². The lowest BCUT2D eigenvalue weighted by Crippen LogP contribution is -2.28. The molecule has 0 bridgehead atoms. The molecule has 0 fully saturated rings. The molecule has 1 aromatic carbocycles. The summed E-state index contributed by atoms with van der Waals surface area (Å²) in [6.45, 7) is 5.95. The lowest BCUT2D eigenvalue weighted by molar-refractivity contribution is 0.0909. The number of amides is 1. The Hall–Kier alpha value is -2.80. The number of hydrogen-bond acceptors (Lipinski definition) is 5. The normalized spacial score (nSPS) is 15.5. The molecule has 7 heteroatoms. The molecule has 1 aliphatic carbocycles. The summed E-state index contributed by atoms with van der Waals surface area (Å²) in [5, 5.41) is 22.8. The number of hydrogen-bond donors (Lipinski definition) is 4. The van der Waals surface area contributed by atoms with E-state index >= 15 is 0 Å². The number of primary amides is 1. The van der Waals surface area contributed by atoms with Crippen LogP contribution >= 0.6 is 0 Å². The first-order chi connectivity index (χ1) is 12.7. The minimum atomic E-state index is -0.590. The van der Waals surface area contributed by atoms with Gasteiger partial charge in [0.2, 0.25) is 0 Å². The third-order valence-electron chi connectivity index (χ3n) is 5.00. The van der Waals surface area contributed by atoms with Crippen molar-refractivity contribution in [2.45, 2.75) is 33.6 Å². The number of aromatic hydroxyl groups is 1. The highest BCUT2D eigenvalue weighted by atomic mass is 16.3. The van der Waals surface area contributed by atoms with E-state index in [2.05, 4.69) is 5.32 Å². The highest BCUT2D eigenvalue weighted by molar-refractivity contribution is 6.01. The van der Waals surface area contributed by atoms with E-state index in [-0.39, 0.29) is 30.2 Å². The summed E-state index contributed by atoms with van der Waals surface area (Å²) in [6, 6.07) is 4.96. The monoisotopic (exact) mass is 371 g/mol. The van der Waals surface area contributed by atoms with E-state index < -0.39 is 5.91 Å². The van der Waals surface area contributed by atoms with E-state index in [0.29, 0.717) is 40.9 Å². The molecule has 1 amide bonds. The number of nitrogens with two attached hydrogens (primary N) is 1. The first-order valence-electron chi connectivity index (χ1n) is 8.91. The summed E-state index contributed by atoms with van der Waals surface area (Å²) in [4.78, 5) is 24.3.